The van der Waals surface area contributed by atoms with Crippen molar-refractivity contribution in [3.05, 3.63) is 42.0 Å². The van der Waals surface area contributed by atoms with Gasteiger partial charge in [0.05, 0.1) is 11.3 Å². The van der Waals surface area contributed by atoms with Crippen molar-refractivity contribution < 1.29 is 13.2 Å². The molecule has 0 unspecified atom stereocenters. The smallest absolute Gasteiger partial charge is 0.223 e. The Morgan fingerprint density at radius 1 is 1.11 bits per heavy atom. The third kappa shape index (κ3) is 2.77. The molecule has 0 aliphatic rings. The molecule has 0 aliphatic heterocycles. The second-order valence-electron chi connectivity index (χ2n) is 5.32. The van der Waals surface area contributed by atoms with E-state index >= 15 is 0 Å². The van der Waals surface area contributed by atoms with Crippen molar-refractivity contribution in [2.75, 3.05) is 0 Å². The first kappa shape index (κ1) is 13.6. The zero-order valence-electron chi connectivity index (χ0n) is 10.9. The third-order valence-electron chi connectivity index (χ3n) is 2.80. The van der Waals surface area contributed by atoms with Gasteiger partial charge in [-0.1, -0.05) is 20.8 Å². The second kappa shape index (κ2) is 4.36. The molecule has 0 bridgehead atoms. The van der Waals surface area contributed by atoms with Gasteiger partial charge in [-0.15, -0.1) is 0 Å². The molecule has 6 heteroatoms. The van der Waals surface area contributed by atoms with E-state index in [1.165, 1.54) is 29.5 Å². The average molecular weight is 269 g/mol. The predicted molar refractivity (Wildman–Crippen MR) is 65.1 cm³/mol. The Bertz CT molecular complexity index is 566. The normalized spacial score (nSPS) is 12.7. The first-order valence-electron chi connectivity index (χ1n) is 5.76. The highest BCUT2D eigenvalue weighted by atomic mass is 19.4. The molecule has 102 valence electrons. The maximum Gasteiger partial charge on any atom is 0.416 e. The van der Waals surface area contributed by atoms with Crippen LogP contribution in [0.2, 0.25) is 0 Å². The van der Waals surface area contributed by atoms with Crippen LogP contribution in [0.5, 0.6) is 0 Å². The van der Waals surface area contributed by atoms with E-state index in [0.29, 0.717) is 11.3 Å². The average Bonchev–Trinajstić information content (AvgIpc) is 2.79. The lowest BCUT2D eigenvalue weighted by Crippen LogP contribution is -2.17. The summed E-state index contributed by atoms with van der Waals surface area (Å²) in [5.74, 6) is 0. The van der Waals surface area contributed by atoms with Crippen LogP contribution in [-0.4, -0.2) is 14.8 Å². The Morgan fingerprint density at radius 3 is 2.26 bits per heavy atom. The number of halogens is 3. The molecule has 0 amide bonds. The number of alkyl halides is 3. The molecular weight excluding hydrogens is 255 g/mol. The molecule has 3 nitrogen and oxygen atoms in total. The van der Waals surface area contributed by atoms with Crippen molar-refractivity contribution in [3.63, 3.8) is 0 Å². The van der Waals surface area contributed by atoms with E-state index in [2.05, 4.69) is 10.1 Å². The fraction of sp³-hybridized carbons (Fsp3) is 0.385. The van der Waals surface area contributed by atoms with Crippen LogP contribution >= 0.6 is 0 Å². The second-order valence-corrected chi connectivity index (χ2v) is 5.32. The van der Waals surface area contributed by atoms with Crippen molar-refractivity contribution in [3.8, 4) is 5.69 Å². The molecule has 1 aromatic heterocycles. The molecule has 1 heterocycles. The van der Waals surface area contributed by atoms with Gasteiger partial charge < -0.3 is 0 Å². The highest BCUT2D eigenvalue weighted by Gasteiger charge is 2.32. The molecule has 0 radical (unpaired) electrons. The molecule has 0 atom stereocenters. The number of rotatable bonds is 1. The quantitative estimate of drug-likeness (QED) is 0.792. The van der Waals surface area contributed by atoms with Crippen molar-refractivity contribution in [1.29, 1.82) is 0 Å². The summed E-state index contributed by atoms with van der Waals surface area (Å²) in [5.41, 5.74) is 0.106. The van der Waals surface area contributed by atoms with Gasteiger partial charge in [-0.05, 0) is 29.2 Å². The lowest BCUT2D eigenvalue weighted by atomic mass is 9.84. The summed E-state index contributed by atoms with van der Waals surface area (Å²) in [6.45, 7) is 5.59. The highest BCUT2D eigenvalue weighted by molar-refractivity contribution is 5.47. The lowest BCUT2D eigenvalue weighted by Gasteiger charge is -2.24. The van der Waals surface area contributed by atoms with E-state index in [1.54, 1.807) is 0 Å². The minimum atomic E-state index is -4.35. The summed E-state index contributed by atoms with van der Waals surface area (Å²) in [6, 6.07) is 3.67. The molecule has 2 rings (SSSR count). The van der Waals surface area contributed by atoms with Gasteiger partial charge in [-0.3, -0.25) is 0 Å². The number of hydrogen-bond donors (Lipinski definition) is 0. The fourth-order valence-corrected chi connectivity index (χ4v) is 1.85. The third-order valence-corrected chi connectivity index (χ3v) is 2.80. The van der Waals surface area contributed by atoms with Crippen LogP contribution in [0.15, 0.2) is 30.9 Å². The van der Waals surface area contributed by atoms with Crippen LogP contribution in [0.4, 0.5) is 13.2 Å². The van der Waals surface area contributed by atoms with Gasteiger partial charge in [0.2, 0.25) is 0 Å². The molecule has 0 saturated carbocycles. The van der Waals surface area contributed by atoms with Gasteiger partial charge in [0.25, 0.3) is 0 Å². The largest absolute Gasteiger partial charge is 0.416 e. The fourth-order valence-electron chi connectivity index (χ4n) is 1.85. The first-order valence-corrected chi connectivity index (χ1v) is 5.76. The van der Waals surface area contributed by atoms with E-state index in [-0.39, 0.29) is 0 Å². The molecular formula is C13H14F3N3. The SMILES string of the molecule is CC(C)(C)c1cc(C(F)(F)F)ccc1-n1cncn1. The Hall–Kier alpha value is -1.85. The molecule has 0 saturated heterocycles. The summed E-state index contributed by atoms with van der Waals surface area (Å²) in [5, 5.41) is 3.98. The van der Waals surface area contributed by atoms with Gasteiger partial charge >= 0.3 is 6.18 Å². The van der Waals surface area contributed by atoms with Gasteiger partial charge in [-0.25, -0.2) is 9.67 Å². The zero-order chi connectivity index (χ0) is 14.3. The van der Waals surface area contributed by atoms with Crippen molar-refractivity contribution >= 4 is 0 Å². The Balaban J connectivity index is 2.63. The van der Waals surface area contributed by atoms with E-state index < -0.39 is 17.2 Å². The predicted octanol–water partition coefficient (Wildman–Crippen LogP) is 3.58. The van der Waals surface area contributed by atoms with Crippen molar-refractivity contribution in [2.24, 2.45) is 0 Å². The van der Waals surface area contributed by atoms with Gasteiger partial charge in [0.15, 0.2) is 0 Å². The summed E-state index contributed by atoms with van der Waals surface area (Å²) in [6.07, 6.45) is -1.52. The standard InChI is InChI=1S/C13H14F3N3/c1-12(2,3)10-6-9(13(14,15)16)4-5-11(10)19-8-17-7-18-19/h4-8H,1-3H3. The number of nitrogens with zero attached hydrogens (tertiary/aromatic N) is 3. The van der Waals surface area contributed by atoms with Gasteiger partial charge in [-0.2, -0.15) is 18.3 Å². The topological polar surface area (TPSA) is 30.7 Å². The van der Waals surface area contributed by atoms with E-state index in [4.69, 9.17) is 0 Å². The lowest BCUT2D eigenvalue weighted by molar-refractivity contribution is -0.137. The molecule has 1 aromatic carbocycles. The summed E-state index contributed by atoms with van der Waals surface area (Å²) in [4.78, 5) is 3.82. The molecule has 0 aliphatic carbocycles. The minimum Gasteiger partial charge on any atom is -0.223 e. The molecule has 19 heavy (non-hydrogen) atoms. The zero-order valence-corrected chi connectivity index (χ0v) is 10.9. The molecule has 2 aromatic rings. The van der Waals surface area contributed by atoms with Gasteiger partial charge in [0.1, 0.15) is 12.7 Å². The van der Waals surface area contributed by atoms with Crippen LogP contribution in [0, 0.1) is 0 Å². The summed E-state index contributed by atoms with van der Waals surface area (Å²) < 4.78 is 39.9. The van der Waals surface area contributed by atoms with E-state index in [9.17, 15) is 13.2 Å². The van der Waals surface area contributed by atoms with Crippen molar-refractivity contribution in [2.45, 2.75) is 32.4 Å². The van der Waals surface area contributed by atoms with E-state index in [0.717, 1.165) is 6.07 Å². The number of hydrogen-bond acceptors (Lipinski definition) is 2. The van der Waals surface area contributed by atoms with Crippen LogP contribution in [0.1, 0.15) is 31.9 Å². The molecule has 0 spiro atoms. The van der Waals surface area contributed by atoms with Crippen LogP contribution < -0.4 is 0 Å². The maximum absolute atomic E-state index is 12.8. The van der Waals surface area contributed by atoms with Crippen LogP contribution in [0.25, 0.3) is 5.69 Å². The first-order chi connectivity index (χ1) is 8.69. The minimum absolute atomic E-state index is 0.428. The molecule has 0 N–H and O–H groups in total. The Kier molecular flexibility index (Phi) is 3.12. The van der Waals surface area contributed by atoms with Crippen LogP contribution in [0.3, 0.4) is 0 Å². The number of aromatic nitrogens is 3. The molecule has 0 fully saturated rings. The van der Waals surface area contributed by atoms with E-state index in [1.807, 2.05) is 20.8 Å². The monoisotopic (exact) mass is 269 g/mol. The highest BCUT2D eigenvalue weighted by Crippen LogP contribution is 2.35. The summed E-state index contributed by atoms with van der Waals surface area (Å²) >= 11 is 0. The maximum atomic E-state index is 12.8. The summed E-state index contributed by atoms with van der Waals surface area (Å²) in [7, 11) is 0. The Labute approximate surface area is 109 Å². The Morgan fingerprint density at radius 2 is 1.79 bits per heavy atom. The van der Waals surface area contributed by atoms with Crippen LogP contribution in [-0.2, 0) is 11.6 Å². The number of benzene rings is 1. The van der Waals surface area contributed by atoms with Gasteiger partial charge in [0, 0.05) is 0 Å². The van der Waals surface area contributed by atoms with Crippen molar-refractivity contribution in [1.82, 2.24) is 14.8 Å².